The molecule has 0 aliphatic carbocycles. The number of carbonyl (C=O) groups is 1. The van der Waals surface area contributed by atoms with Crippen molar-refractivity contribution < 1.29 is 14.3 Å². The number of nitrogens with one attached hydrogen (secondary N) is 2. The van der Waals surface area contributed by atoms with E-state index < -0.39 is 5.91 Å². The smallest absolute Gasteiger partial charge is 0.261 e. The molecule has 0 radical (unpaired) electrons. The lowest BCUT2D eigenvalue weighted by atomic mass is 10.1. The quantitative estimate of drug-likeness (QED) is 0.160. The van der Waals surface area contributed by atoms with Crippen LogP contribution in [0.4, 0.5) is 0 Å². The fraction of sp³-hybridized carbons (Fsp3) is 0.172. The zero-order valence-corrected chi connectivity index (χ0v) is 22.5. The van der Waals surface area contributed by atoms with Crippen molar-refractivity contribution in [3.63, 3.8) is 0 Å². The van der Waals surface area contributed by atoms with Crippen LogP contribution in [-0.4, -0.2) is 24.0 Å². The Morgan fingerprint density at radius 2 is 1.86 bits per heavy atom. The number of hydrogen-bond donors (Lipinski definition) is 2. The molecule has 188 valence electrons. The number of rotatable bonds is 10. The van der Waals surface area contributed by atoms with Crippen molar-refractivity contribution in [2.75, 3.05) is 13.2 Å². The Kier molecular flexibility index (Phi) is 8.89. The molecule has 0 saturated carbocycles. The third-order valence-corrected chi connectivity index (χ3v) is 6.78. The average molecular weight is 579 g/mol. The second kappa shape index (κ2) is 12.5. The number of nitriles is 1. The molecule has 0 spiro atoms. The van der Waals surface area contributed by atoms with E-state index in [9.17, 15) is 10.1 Å². The van der Waals surface area contributed by atoms with Gasteiger partial charge in [-0.15, -0.1) is 0 Å². The average Bonchev–Trinajstić information content (AvgIpc) is 3.31. The lowest BCUT2D eigenvalue weighted by molar-refractivity contribution is -0.117. The minimum atomic E-state index is -0.439. The maximum absolute atomic E-state index is 12.8. The molecule has 0 bridgehead atoms. The fourth-order valence-electron chi connectivity index (χ4n) is 3.86. The first-order valence-corrected chi connectivity index (χ1v) is 12.9. The lowest BCUT2D eigenvalue weighted by Gasteiger charge is -2.15. The first-order chi connectivity index (χ1) is 18.0. The Morgan fingerprint density at radius 3 is 2.65 bits per heavy atom. The summed E-state index contributed by atoms with van der Waals surface area (Å²) in [5.74, 6) is 0.583. The van der Waals surface area contributed by atoms with Crippen molar-refractivity contribution in [1.29, 1.82) is 5.26 Å². The van der Waals surface area contributed by atoms with Crippen molar-refractivity contribution in [3.8, 4) is 17.6 Å². The minimum absolute atomic E-state index is 0.00758. The van der Waals surface area contributed by atoms with E-state index >= 15 is 0 Å². The molecular weight excluding hydrogens is 554 g/mol. The molecule has 0 aliphatic heterocycles. The summed E-state index contributed by atoms with van der Waals surface area (Å²) in [6.07, 6.45) is 4.12. The number of aromatic amines is 1. The molecule has 1 heterocycles. The first kappa shape index (κ1) is 26.3. The molecule has 3 aromatic carbocycles. The van der Waals surface area contributed by atoms with E-state index in [2.05, 4.69) is 26.2 Å². The largest absolute Gasteiger partial charge is 0.490 e. The summed E-state index contributed by atoms with van der Waals surface area (Å²) in [6, 6.07) is 21.0. The maximum Gasteiger partial charge on any atom is 0.261 e. The van der Waals surface area contributed by atoms with Crippen molar-refractivity contribution in [2.45, 2.75) is 20.0 Å². The third kappa shape index (κ3) is 6.53. The number of nitrogens with zero attached hydrogens (tertiary/aromatic N) is 1. The zero-order chi connectivity index (χ0) is 26.2. The van der Waals surface area contributed by atoms with E-state index in [0.717, 1.165) is 22.0 Å². The highest BCUT2D eigenvalue weighted by Gasteiger charge is 2.15. The molecule has 0 atom stereocenters. The molecule has 1 amide bonds. The summed E-state index contributed by atoms with van der Waals surface area (Å²) < 4.78 is 12.4. The highest BCUT2D eigenvalue weighted by Crippen LogP contribution is 2.36. The van der Waals surface area contributed by atoms with Gasteiger partial charge < -0.3 is 19.8 Å². The summed E-state index contributed by atoms with van der Waals surface area (Å²) in [6.45, 7) is 2.97. The monoisotopic (exact) mass is 577 g/mol. The Balaban J connectivity index is 1.47. The van der Waals surface area contributed by atoms with Gasteiger partial charge in [-0.05, 0) is 54.8 Å². The van der Waals surface area contributed by atoms with Crippen molar-refractivity contribution >= 4 is 50.4 Å². The van der Waals surface area contributed by atoms with E-state index in [4.69, 9.17) is 21.1 Å². The molecule has 4 rings (SSSR count). The number of hydrogen-bond acceptors (Lipinski definition) is 4. The van der Waals surface area contributed by atoms with Crippen LogP contribution >= 0.6 is 27.5 Å². The number of carbonyl (C=O) groups excluding carboxylic acids is 1. The summed E-state index contributed by atoms with van der Waals surface area (Å²) in [7, 11) is 0. The standard InChI is InChI=1S/C29H25BrClN3O3/c1-2-36-27-14-21(24(30)15-28(27)37-18-20-7-3-5-9-25(20)31)13-22(16-32)29(35)33-12-11-19-17-34-26-10-6-4-8-23(19)26/h3-10,13-15,17,34H,2,11-12,18H2,1H3,(H,33,35)/b22-13-. The Morgan fingerprint density at radius 1 is 1.11 bits per heavy atom. The van der Waals surface area contributed by atoms with Gasteiger partial charge in [0.05, 0.1) is 6.61 Å². The van der Waals surface area contributed by atoms with Crippen LogP contribution in [0, 0.1) is 11.3 Å². The first-order valence-electron chi connectivity index (χ1n) is 11.8. The van der Waals surface area contributed by atoms with Gasteiger partial charge in [0.2, 0.25) is 0 Å². The maximum atomic E-state index is 12.8. The van der Waals surface area contributed by atoms with Gasteiger partial charge in [-0.2, -0.15) is 5.26 Å². The minimum Gasteiger partial charge on any atom is -0.490 e. The van der Waals surface area contributed by atoms with Gasteiger partial charge >= 0.3 is 0 Å². The van der Waals surface area contributed by atoms with Crippen LogP contribution in [0.2, 0.25) is 5.02 Å². The van der Waals surface area contributed by atoms with E-state index in [0.29, 0.717) is 46.1 Å². The number of fused-ring (bicyclic) bond motifs is 1. The van der Waals surface area contributed by atoms with Crippen LogP contribution in [0.3, 0.4) is 0 Å². The van der Waals surface area contributed by atoms with E-state index in [1.54, 1.807) is 12.1 Å². The Labute approximate surface area is 229 Å². The van der Waals surface area contributed by atoms with Gasteiger partial charge in [0.1, 0.15) is 18.2 Å². The molecule has 0 fully saturated rings. The molecule has 0 saturated heterocycles. The van der Waals surface area contributed by atoms with Crippen LogP contribution in [0.25, 0.3) is 17.0 Å². The number of H-pyrrole nitrogens is 1. The van der Waals surface area contributed by atoms with Gasteiger partial charge in [-0.3, -0.25) is 4.79 Å². The lowest BCUT2D eigenvalue weighted by Crippen LogP contribution is -2.26. The predicted molar refractivity (Wildman–Crippen MR) is 150 cm³/mol. The second-order valence-electron chi connectivity index (χ2n) is 8.17. The number of ether oxygens (including phenoxy) is 2. The molecule has 0 aliphatic rings. The fourth-order valence-corrected chi connectivity index (χ4v) is 4.49. The van der Waals surface area contributed by atoms with Gasteiger partial charge in [0.25, 0.3) is 5.91 Å². The second-order valence-corrected chi connectivity index (χ2v) is 9.43. The number of para-hydroxylation sites is 1. The molecule has 6 nitrogen and oxygen atoms in total. The molecule has 1 aromatic heterocycles. The van der Waals surface area contributed by atoms with Crippen LogP contribution in [-0.2, 0) is 17.8 Å². The summed E-state index contributed by atoms with van der Waals surface area (Å²) in [5, 5.41) is 14.3. The normalized spacial score (nSPS) is 11.2. The molecule has 4 aromatic rings. The van der Waals surface area contributed by atoms with Gasteiger partial charge in [0.15, 0.2) is 11.5 Å². The molecule has 0 unspecified atom stereocenters. The van der Waals surface area contributed by atoms with Crippen molar-refractivity contribution in [3.05, 3.63) is 98.6 Å². The van der Waals surface area contributed by atoms with Gasteiger partial charge in [-0.1, -0.05) is 63.9 Å². The molecule has 2 N–H and O–H groups in total. The van der Waals surface area contributed by atoms with Crippen molar-refractivity contribution in [2.24, 2.45) is 0 Å². The number of aromatic nitrogens is 1. The summed E-state index contributed by atoms with van der Waals surface area (Å²) in [5.41, 5.74) is 3.62. The SMILES string of the molecule is CCOc1cc(/C=C(/C#N)C(=O)NCCc2c[nH]c3ccccc23)c(Br)cc1OCc1ccccc1Cl. The van der Waals surface area contributed by atoms with Crippen LogP contribution in [0.15, 0.2) is 76.9 Å². The summed E-state index contributed by atoms with van der Waals surface area (Å²) >= 11 is 9.77. The molecule has 8 heteroatoms. The Bertz CT molecular complexity index is 1490. The van der Waals surface area contributed by atoms with Crippen molar-refractivity contribution in [1.82, 2.24) is 10.3 Å². The van der Waals surface area contributed by atoms with E-state index in [-0.39, 0.29) is 12.2 Å². The Hall–Kier alpha value is -3.73. The predicted octanol–water partition coefficient (Wildman–Crippen LogP) is 6.83. The third-order valence-electron chi connectivity index (χ3n) is 5.72. The van der Waals surface area contributed by atoms with Crippen LogP contribution in [0.5, 0.6) is 11.5 Å². The van der Waals surface area contributed by atoms with Crippen LogP contribution < -0.4 is 14.8 Å². The molecule has 37 heavy (non-hydrogen) atoms. The zero-order valence-electron chi connectivity index (χ0n) is 20.2. The van der Waals surface area contributed by atoms with E-state index in [1.807, 2.05) is 67.7 Å². The van der Waals surface area contributed by atoms with Crippen LogP contribution in [0.1, 0.15) is 23.6 Å². The van der Waals surface area contributed by atoms with Gasteiger partial charge in [-0.25, -0.2) is 0 Å². The number of amides is 1. The van der Waals surface area contributed by atoms with E-state index in [1.165, 1.54) is 6.08 Å². The highest BCUT2D eigenvalue weighted by molar-refractivity contribution is 9.10. The number of halogens is 2. The number of benzene rings is 3. The topological polar surface area (TPSA) is 87.1 Å². The van der Waals surface area contributed by atoms with Gasteiger partial charge in [0, 0.05) is 38.7 Å². The summed E-state index contributed by atoms with van der Waals surface area (Å²) in [4.78, 5) is 16.0. The highest BCUT2D eigenvalue weighted by atomic mass is 79.9. The molecular formula is C29H25BrClN3O3.